The van der Waals surface area contributed by atoms with Crippen molar-refractivity contribution < 1.29 is 28.2 Å². The first kappa shape index (κ1) is 36.8. The SMILES string of the molecule is CC(C)(C)[Si](O[C@@H](C=O)[C@@H](OCc1ccccc1)[C@H](OCc1ccccc1)[C@H](C=O)OCc1ccccc1)(c1ccccc1)c1ccccc1. The van der Waals surface area contributed by atoms with E-state index in [1.165, 1.54) is 0 Å². The third-order valence-corrected chi connectivity index (χ3v) is 13.9. The van der Waals surface area contributed by atoms with Crippen LogP contribution in [-0.2, 0) is 48.0 Å². The van der Waals surface area contributed by atoms with Gasteiger partial charge in [0.05, 0.1) is 19.8 Å². The van der Waals surface area contributed by atoms with Crippen molar-refractivity contribution in [1.82, 2.24) is 0 Å². The largest absolute Gasteiger partial charge is 0.395 e. The molecule has 0 bridgehead atoms. The highest BCUT2D eigenvalue weighted by atomic mass is 28.4. The van der Waals surface area contributed by atoms with E-state index in [1.807, 2.05) is 127 Å². The van der Waals surface area contributed by atoms with Crippen LogP contribution in [0.3, 0.4) is 0 Å². The van der Waals surface area contributed by atoms with Gasteiger partial charge in [0, 0.05) is 0 Å². The average Bonchev–Trinajstić information content (AvgIpc) is 3.16. The Balaban J connectivity index is 1.61. The molecule has 0 aliphatic carbocycles. The van der Waals surface area contributed by atoms with Crippen LogP contribution in [0.1, 0.15) is 37.5 Å². The number of carbonyl (C=O) groups excluding carboxylic acids is 2. The fraction of sp³-hybridized carbons (Fsp3) is 0.256. The Morgan fingerprint density at radius 1 is 0.480 bits per heavy atom. The lowest BCUT2D eigenvalue weighted by Crippen LogP contribution is -2.69. The molecule has 4 atom stereocenters. The van der Waals surface area contributed by atoms with Crippen LogP contribution in [0.2, 0.25) is 5.04 Å². The topological polar surface area (TPSA) is 71.1 Å². The monoisotopic (exact) mass is 686 g/mol. The van der Waals surface area contributed by atoms with E-state index in [1.54, 1.807) is 0 Å². The summed E-state index contributed by atoms with van der Waals surface area (Å²) in [6.45, 7) is 6.96. The van der Waals surface area contributed by atoms with E-state index in [2.05, 4.69) is 45.0 Å². The highest BCUT2D eigenvalue weighted by Crippen LogP contribution is 2.38. The van der Waals surface area contributed by atoms with Crippen molar-refractivity contribution in [1.29, 1.82) is 0 Å². The molecule has 6 nitrogen and oxygen atoms in total. The number of hydrogen-bond acceptors (Lipinski definition) is 6. The van der Waals surface area contributed by atoms with E-state index < -0.39 is 37.8 Å². The predicted molar refractivity (Wildman–Crippen MR) is 200 cm³/mol. The van der Waals surface area contributed by atoms with E-state index in [0.29, 0.717) is 0 Å². The predicted octanol–water partition coefficient (Wildman–Crippen LogP) is 7.09. The molecule has 258 valence electrons. The summed E-state index contributed by atoms with van der Waals surface area (Å²) in [5, 5.41) is 1.61. The summed E-state index contributed by atoms with van der Waals surface area (Å²) in [4.78, 5) is 26.5. The summed E-state index contributed by atoms with van der Waals surface area (Å²) >= 11 is 0. The van der Waals surface area contributed by atoms with Crippen molar-refractivity contribution in [2.24, 2.45) is 0 Å². The number of aldehydes is 2. The molecule has 0 fully saturated rings. The average molecular weight is 687 g/mol. The Bertz CT molecular complexity index is 1670. The molecule has 0 amide bonds. The summed E-state index contributed by atoms with van der Waals surface area (Å²) in [5.41, 5.74) is 2.71. The van der Waals surface area contributed by atoms with Gasteiger partial charge in [0.25, 0.3) is 8.32 Å². The Morgan fingerprint density at radius 3 is 1.14 bits per heavy atom. The van der Waals surface area contributed by atoms with Crippen LogP contribution in [-0.4, -0.2) is 45.3 Å². The van der Waals surface area contributed by atoms with E-state index >= 15 is 0 Å². The molecule has 0 aliphatic rings. The lowest BCUT2D eigenvalue weighted by atomic mass is 10.0. The zero-order chi connectivity index (χ0) is 35.2. The number of rotatable bonds is 18. The van der Waals surface area contributed by atoms with Crippen LogP contribution in [0, 0.1) is 0 Å². The fourth-order valence-electron chi connectivity index (χ4n) is 6.33. The number of hydrogen-bond donors (Lipinski definition) is 0. The van der Waals surface area contributed by atoms with Gasteiger partial charge in [0.15, 0.2) is 6.29 Å². The molecule has 5 rings (SSSR count). The molecule has 5 aromatic rings. The third-order valence-electron chi connectivity index (χ3n) is 8.83. The first-order valence-electron chi connectivity index (χ1n) is 17.0. The number of carbonyl (C=O) groups is 2. The van der Waals surface area contributed by atoms with Crippen molar-refractivity contribution in [3.8, 4) is 0 Å². The third kappa shape index (κ3) is 9.18. The van der Waals surface area contributed by atoms with E-state index in [0.717, 1.165) is 39.6 Å². The molecule has 5 aromatic carbocycles. The molecule has 0 saturated heterocycles. The van der Waals surface area contributed by atoms with Gasteiger partial charge < -0.3 is 28.2 Å². The Hall–Kier alpha value is -4.50. The minimum Gasteiger partial charge on any atom is -0.395 e. The Labute approximate surface area is 297 Å². The molecule has 0 spiro atoms. The summed E-state index contributed by atoms with van der Waals surface area (Å²) in [6.07, 6.45) is -2.70. The van der Waals surface area contributed by atoms with Crippen LogP contribution in [0.25, 0.3) is 0 Å². The quantitative estimate of drug-likeness (QED) is 0.0725. The Morgan fingerprint density at radius 2 is 0.800 bits per heavy atom. The van der Waals surface area contributed by atoms with E-state index in [4.69, 9.17) is 18.6 Å². The normalized spacial score (nSPS) is 14.3. The lowest BCUT2D eigenvalue weighted by molar-refractivity contribution is -0.176. The van der Waals surface area contributed by atoms with Gasteiger partial charge in [0.2, 0.25) is 0 Å². The minimum atomic E-state index is -3.25. The maximum absolute atomic E-state index is 13.5. The fourth-order valence-corrected chi connectivity index (χ4v) is 10.9. The second-order valence-corrected chi connectivity index (χ2v) is 17.6. The molecule has 0 N–H and O–H groups in total. The second-order valence-electron chi connectivity index (χ2n) is 13.3. The maximum atomic E-state index is 13.5. The molecular weight excluding hydrogens is 641 g/mol. The highest BCUT2D eigenvalue weighted by molar-refractivity contribution is 6.99. The van der Waals surface area contributed by atoms with Crippen LogP contribution >= 0.6 is 0 Å². The number of ether oxygens (including phenoxy) is 3. The van der Waals surface area contributed by atoms with Crippen LogP contribution in [0.5, 0.6) is 0 Å². The zero-order valence-electron chi connectivity index (χ0n) is 29.0. The van der Waals surface area contributed by atoms with E-state index in [9.17, 15) is 9.59 Å². The minimum absolute atomic E-state index is 0.162. The Kier molecular flexibility index (Phi) is 13.2. The molecule has 0 saturated carbocycles. The molecule has 0 unspecified atom stereocenters. The van der Waals surface area contributed by atoms with Gasteiger partial charge in [-0.05, 0) is 32.1 Å². The summed E-state index contributed by atoms with van der Waals surface area (Å²) in [5.74, 6) is 0. The van der Waals surface area contributed by atoms with Crippen molar-refractivity contribution in [3.63, 3.8) is 0 Å². The first-order valence-corrected chi connectivity index (χ1v) is 18.9. The van der Waals surface area contributed by atoms with Crippen LogP contribution < -0.4 is 10.4 Å². The molecule has 0 aromatic heterocycles. The molecule has 0 aliphatic heterocycles. The van der Waals surface area contributed by atoms with Gasteiger partial charge in [-0.15, -0.1) is 0 Å². The second kappa shape index (κ2) is 17.9. The van der Waals surface area contributed by atoms with Gasteiger partial charge >= 0.3 is 0 Å². The number of benzene rings is 5. The summed E-state index contributed by atoms with van der Waals surface area (Å²) < 4.78 is 27.0. The summed E-state index contributed by atoms with van der Waals surface area (Å²) in [7, 11) is -3.25. The van der Waals surface area contributed by atoms with Crippen molar-refractivity contribution in [2.45, 2.75) is 70.0 Å². The standard InChI is InChI=1S/C43H46O6Si/c1-43(2,3)50(37-25-15-7-16-26-37,38-27-17-8-18-28-38)49-40(30-45)42(48-33-36-23-13-6-14-24-36)41(47-32-35-21-11-5-12-22-35)39(29-44)46-31-34-19-9-4-10-20-34/h4-30,39-42H,31-33H2,1-3H3/t39-,40-,41+,42+/m0/s1. The smallest absolute Gasteiger partial charge is 0.262 e. The zero-order valence-corrected chi connectivity index (χ0v) is 30.0. The summed E-state index contributed by atoms with van der Waals surface area (Å²) in [6, 6.07) is 49.3. The first-order chi connectivity index (χ1) is 24.4. The van der Waals surface area contributed by atoms with E-state index in [-0.39, 0.29) is 19.8 Å². The van der Waals surface area contributed by atoms with Gasteiger partial charge in [-0.1, -0.05) is 172 Å². The van der Waals surface area contributed by atoms with Gasteiger partial charge in [0.1, 0.15) is 30.7 Å². The van der Waals surface area contributed by atoms with Crippen molar-refractivity contribution >= 4 is 31.3 Å². The molecule has 0 heterocycles. The van der Waals surface area contributed by atoms with Gasteiger partial charge in [-0.3, -0.25) is 0 Å². The molecule has 50 heavy (non-hydrogen) atoms. The van der Waals surface area contributed by atoms with Gasteiger partial charge in [-0.25, -0.2) is 0 Å². The van der Waals surface area contributed by atoms with Gasteiger partial charge in [-0.2, -0.15) is 0 Å². The lowest BCUT2D eigenvalue weighted by Gasteiger charge is -2.46. The maximum Gasteiger partial charge on any atom is 0.262 e. The molecule has 7 heteroatoms. The van der Waals surface area contributed by atoms with Crippen molar-refractivity contribution in [2.75, 3.05) is 0 Å². The molecular formula is C43H46O6Si. The molecule has 0 radical (unpaired) electrons. The van der Waals surface area contributed by atoms with Crippen molar-refractivity contribution in [3.05, 3.63) is 168 Å². The van der Waals surface area contributed by atoms with Crippen LogP contribution in [0.4, 0.5) is 0 Å². The van der Waals surface area contributed by atoms with Crippen LogP contribution in [0.15, 0.2) is 152 Å². The highest BCUT2D eigenvalue weighted by Gasteiger charge is 2.53.